The summed E-state index contributed by atoms with van der Waals surface area (Å²) in [6, 6.07) is 2.09. The second kappa shape index (κ2) is 8.61. The van der Waals surface area contributed by atoms with Crippen molar-refractivity contribution in [1.82, 2.24) is 4.90 Å². The third-order valence-electron chi connectivity index (χ3n) is 7.91. The van der Waals surface area contributed by atoms with Crippen LogP contribution in [0.5, 0.6) is 11.5 Å². The zero-order valence-electron chi connectivity index (χ0n) is 21.9. The number of hydrogen-bond acceptors (Lipinski definition) is 8. The molecule has 2 heterocycles. The summed E-state index contributed by atoms with van der Waals surface area (Å²) in [5.41, 5.74) is 2.22. The second-order valence-electron chi connectivity index (χ2n) is 11.5. The summed E-state index contributed by atoms with van der Waals surface area (Å²) in [5, 5.41) is 0. The fourth-order valence-corrected chi connectivity index (χ4v) is 6.74. The van der Waals surface area contributed by atoms with Crippen molar-refractivity contribution in [2.24, 2.45) is 5.92 Å². The predicted octanol–water partition coefficient (Wildman–Crippen LogP) is 3.26. The van der Waals surface area contributed by atoms with Gasteiger partial charge in [-0.05, 0) is 76.9 Å². The van der Waals surface area contributed by atoms with Gasteiger partial charge < -0.3 is 23.8 Å². The van der Waals surface area contributed by atoms with Crippen LogP contribution in [0.2, 0.25) is 0 Å². The molecule has 8 heteroatoms. The van der Waals surface area contributed by atoms with Crippen LogP contribution in [0.4, 0.5) is 0 Å². The Kier molecular flexibility index (Phi) is 5.93. The zero-order chi connectivity index (χ0) is 26.0. The Morgan fingerprint density at radius 1 is 1.17 bits per heavy atom. The number of likely N-dealkylation sites (N-methyl/N-ethyl adjacent to an activating group) is 1. The minimum atomic E-state index is -0.556. The summed E-state index contributed by atoms with van der Waals surface area (Å²) in [7, 11) is 2.15. The molecule has 2 aliphatic heterocycles. The highest BCUT2D eigenvalue weighted by Gasteiger charge is 2.65. The number of carbonyl (C=O) groups is 3. The Labute approximate surface area is 211 Å². The van der Waals surface area contributed by atoms with Crippen molar-refractivity contribution < 1.29 is 33.3 Å². The number of hydrogen-bond donors (Lipinski definition) is 0. The number of piperidine rings is 1. The van der Waals surface area contributed by atoms with Crippen molar-refractivity contribution in [2.75, 3.05) is 13.6 Å². The normalized spacial score (nSPS) is 29.7. The fraction of sp³-hybridized carbons (Fsp3) is 0.607. The Morgan fingerprint density at radius 3 is 2.58 bits per heavy atom. The van der Waals surface area contributed by atoms with E-state index in [0.29, 0.717) is 17.9 Å². The maximum absolute atomic E-state index is 12.6. The molecule has 8 nitrogen and oxygen atoms in total. The zero-order valence-corrected chi connectivity index (χ0v) is 21.9. The molecular formula is C28H35NO7. The van der Waals surface area contributed by atoms with Gasteiger partial charge in [-0.3, -0.25) is 14.4 Å². The maximum Gasteiger partial charge on any atom is 0.308 e. The smallest absolute Gasteiger partial charge is 0.308 e. The molecular weight excluding hydrogens is 462 g/mol. The minimum Gasteiger partial charge on any atom is -0.481 e. The summed E-state index contributed by atoms with van der Waals surface area (Å²) < 4.78 is 23.5. The first kappa shape index (κ1) is 24.8. The Balaban J connectivity index is 1.63. The molecule has 36 heavy (non-hydrogen) atoms. The van der Waals surface area contributed by atoms with E-state index >= 15 is 0 Å². The van der Waals surface area contributed by atoms with Crippen LogP contribution in [-0.2, 0) is 42.1 Å². The molecule has 1 fully saturated rings. The third-order valence-corrected chi connectivity index (χ3v) is 7.91. The lowest BCUT2D eigenvalue weighted by atomic mass is 9.53. The van der Waals surface area contributed by atoms with Gasteiger partial charge in [0.25, 0.3) is 0 Å². The van der Waals surface area contributed by atoms with Gasteiger partial charge in [0.2, 0.25) is 0 Å². The Morgan fingerprint density at radius 2 is 1.92 bits per heavy atom. The molecule has 0 saturated carbocycles. The average molecular weight is 498 g/mol. The van der Waals surface area contributed by atoms with Gasteiger partial charge in [-0.25, -0.2) is 0 Å². The van der Waals surface area contributed by atoms with Crippen LogP contribution in [0.3, 0.4) is 0 Å². The number of aryl methyl sites for hydroxylation is 1. The molecule has 5 atom stereocenters. The van der Waals surface area contributed by atoms with Crippen LogP contribution in [0.25, 0.3) is 0 Å². The highest BCUT2D eigenvalue weighted by Crippen LogP contribution is 2.63. The van der Waals surface area contributed by atoms with Gasteiger partial charge in [-0.15, -0.1) is 0 Å². The predicted molar refractivity (Wildman–Crippen MR) is 131 cm³/mol. The van der Waals surface area contributed by atoms with E-state index in [1.807, 2.05) is 32.9 Å². The lowest BCUT2D eigenvalue weighted by molar-refractivity contribution is -0.155. The lowest BCUT2D eigenvalue weighted by Gasteiger charge is -2.56. The fourth-order valence-electron chi connectivity index (χ4n) is 6.74. The summed E-state index contributed by atoms with van der Waals surface area (Å²) in [5.74, 6) is 0.0366. The molecule has 1 saturated heterocycles. The first-order valence-corrected chi connectivity index (χ1v) is 12.7. The number of benzene rings is 1. The van der Waals surface area contributed by atoms with Crippen LogP contribution < -0.4 is 9.47 Å². The average Bonchev–Trinajstić information content (AvgIpc) is 3.10. The first-order chi connectivity index (χ1) is 16.9. The quantitative estimate of drug-likeness (QED) is 0.348. The number of ether oxygens (including phenoxy) is 4. The molecule has 2 aliphatic carbocycles. The molecule has 5 rings (SSSR count). The van der Waals surface area contributed by atoms with Crippen molar-refractivity contribution in [1.29, 1.82) is 0 Å². The van der Waals surface area contributed by atoms with Crippen molar-refractivity contribution >= 4 is 17.9 Å². The molecule has 1 spiro atoms. The van der Waals surface area contributed by atoms with Gasteiger partial charge in [-0.1, -0.05) is 6.08 Å². The minimum absolute atomic E-state index is 0.174. The van der Waals surface area contributed by atoms with E-state index in [0.717, 1.165) is 36.1 Å². The van der Waals surface area contributed by atoms with Crippen molar-refractivity contribution in [2.45, 2.75) is 89.6 Å². The van der Waals surface area contributed by atoms with Gasteiger partial charge in [0.15, 0.2) is 17.6 Å². The topological polar surface area (TPSA) is 91.4 Å². The SMILES string of the molecule is CC(=O)Oc1cc(CCC(=O)OC(C)(C)C)c2c3c1OC1C(OC(C)=O)C=CC4C(C2)N(C)CCC341. The van der Waals surface area contributed by atoms with Crippen molar-refractivity contribution in [3.63, 3.8) is 0 Å². The molecule has 194 valence electrons. The summed E-state index contributed by atoms with van der Waals surface area (Å²) >= 11 is 0. The second-order valence-corrected chi connectivity index (χ2v) is 11.5. The van der Waals surface area contributed by atoms with Gasteiger partial charge in [-0.2, -0.15) is 0 Å². The largest absolute Gasteiger partial charge is 0.481 e. The number of rotatable bonds is 5. The molecule has 4 aliphatic rings. The molecule has 0 N–H and O–H groups in total. The Bertz CT molecular complexity index is 1150. The van der Waals surface area contributed by atoms with E-state index in [2.05, 4.69) is 18.0 Å². The molecule has 1 aromatic rings. The number of likely N-dealkylation sites (tertiary alicyclic amines) is 1. The van der Waals surface area contributed by atoms with Crippen LogP contribution >= 0.6 is 0 Å². The van der Waals surface area contributed by atoms with Crippen LogP contribution in [0.1, 0.15) is 64.2 Å². The summed E-state index contributed by atoms with van der Waals surface area (Å²) in [6.07, 6.45) is 5.52. The van der Waals surface area contributed by atoms with Crippen LogP contribution in [0.15, 0.2) is 18.2 Å². The molecule has 0 radical (unpaired) electrons. The first-order valence-electron chi connectivity index (χ1n) is 12.7. The van der Waals surface area contributed by atoms with E-state index in [4.69, 9.17) is 18.9 Å². The van der Waals surface area contributed by atoms with Crippen molar-refractivity contribution in [3.8, 4) is 11.5 Å². The molecule has 0 aromatic heterocycles. The maximum atomic E-state index is 12.6. The standard InChI is InChI=1S/C28H35NO7/c1-15(30)33-21-9-8-19-20-14-18-17(7-10-23(32)36-27(3,4)5)13-22(34-16(2)31)25-24(18)28(19,26(21)35-25)11-12-29(20)6/h8-9,13,19-21,26H,7,10-12,14H2,1-6H3. The van der Waals surface area contributed by atoms with E-state index in [1.165, 1.54) is 13.8 Å². The van der Waals surface area contributed by atoms with Gasteiger partial charge in [0.05, 0.1) is 0 Å². The Hall–Kier alpha value is -2.87. The molecule has 0 amide bonds. The lowest BCUT2D eigenvalue weighted by Crippen LogP contribution is -2.65. The van der Waals surface area contributed by atoms with E-state index in [9.17, 15) is 14.4 Å². The van der Waals surface area contributed by atoms with Crippen LogP contribution in [0, 0.1) is 5.92 Å². The number of carbonyl (C=O) groups excluding carboxylic acids is 3. The van der Waals surface area contributed by atoms with Crippen molar-refractivity contribution in [3.05, 3.63) is 34.9 Å². The number of nitrogens with zero attached hydrogens (tertiary/aromatic N) is 1. The highest BCUT2D eigenvalue weighted by atomic mass is 16.6. The summed E-state index contributed by atoms with van der Waals surface area (Å²) in [4.78, 5) is 38.9. The van der Waals surface area contributed by atoms with E-state index < -0.39 is 29.2 Å². The third kappa shape index (κ3) is 3.99. The van der Waals surface area contributed by atoms with Crippen LogP contribution in [-0.4, -0.2) is 60.3 Å². The van der Waals surface area contributed by atoms with Gasteiger partial charge >= 0.3 is 17.9 Å². The monoisotopic (exact) mass is 497 g/mol. The summed E-state index contributed by atoms with van der Waals surface area (Å²) in [6.45, 7) is 9.21. The molecule has 1 aromatic carbocycles. The number of esters is 3. The molecule has 2 bridgehead atoms. The van der Waals surface area contributed by atoms with Gasteiger partial charge in [0, 0.05) is 43.2 Å². The van der Waals surface area contributed by atoms with E-state index in [-0.39, 0.29) is 30.3 Å². The van der Waals surface area contributed by atoms with Gasteiger partial charge in [0.1, 0.15) is 11.7 Å². The highest BCUT2D eigenvalue weighted by molar-refractivity contribution is 5.74. The van der Waals surface area contributed by atoms with E-state index in [1.54, 1.807) is 0 Å². The molecule has 5 unspecified atom stereocenters.